The second-order valence-corrected chi connectivity index (χ2v) is 8.98. The number of ketones is 1. The Morgan fingerprint density at radius 3 is 2.19 bits per heavy atom. The quantitative estimate of drug-likeness (QED) is 0.240. The predicted octanol–water partition coefficient (Wildman–Crippen LogP) is 6.50. The maximum absolute atomic E-state index is 13.3. The number of anilines is 1. The van der Waals surface area contributed by atoms with Crippen LogP contribution in [0.4, 0.5) is 5.69 Å². The number of carboxylic acids is 1. The molecule has 36 heavy (non-hydrogen) atoms. The van der Waals surface area contributed by atoms with Gasteiger partial charge in [0, 0.05) is 48.2 Å². The third kappa shape index (κ3) is 5.92. The predicted molar refractivity (Wildman–Crippen MR) is 144 cm³/mol. The summed E-state index contributed by atoms with van der Waals surface area (Å²) in [7, 11) is 1.95. The molecule has 0 fully saturated rings. The number of aliphatic carboxylic acids is 1. The minimum absolute atomic E-state index is 0.00464. The highest BCUT2D eigenvalue weighted by Gasteiger charge is 2.19. The molecule has 5 nitrogen and oxygen atoms in total. The van der Waals surface area contributed by atoms with Crippen LogP contribution in [0.25, 0.3) is 11.1 Å². The van der Waals surface area contributed by atoms with Crippen molar-refractivity contribution in [1.82, 2.24) is 4.57 Å². The van der Waals surface area contributed by atoms with Crippen molar-refractivity contribution in [2.45, 2.75) is 39.2 Å². The van der Waals surface area contributed by atoms with E-state index in [1.54, 1.807) is 0 Å². The van der Waals surface area contributed by atoms with Crippen molar-refractivity contribution in [3.63, 3.8) is 0 Å². The Labute approximate surface area is 212 Å². The maximum Gasteiger partial charge on any atom is 0.303 e. The number of carbonyl (C=O) groups excluding carboxylic acids is 1. The van der Waals surface area contributed by atoms with Crippen LogP contribution in [0.2, 0.25) is 0 Å². The van der Waals surface area contributed by atoms with Gasteiger partial charge >= 0.3 is 5.97 Å². The van der Waals surface area contributed by atoms with Crippen LogP contribution in [0.1, 0.15) is 52.6 Å². The fourth-order valence-electron chi connectivity index (χ4n) is 4.53. The summed E-state index contributed by atoms with van der Waals surface area (Å²) in [5.41, 5.74) is 7.85. The number of carboxylic acid groups (broad SMARTS) is 1. The van der Waals surface area contributed by atoms with Crippen molar-refractivity contribution >= 4 is 17.4 Å². The van der Waals surface area contributed by atoms with Crippen LogP contribution in [-0.2, 0) is 31.2 Å². The number of aromatic nitrogens is 1. The third-order valence-corrected chi connectivity index (χ3v) is 6.57. The van der Waals surface area contributed by atoms with Gasteiger partial charge in [-0.3, -0.25) is 9.59 Å². The number of benzene rings is 3. The standard InChI is InChI=1S/C31H32N2O3/c1-3-29-28(20-27(33(29)2)10-7-11-30(34)35)31(36)25-16-18-26(19-17-25)32-21-22-12-14-24(15-13-22)23-8-5-4-6-9-23/h4-6,8-9,12-20,32H,3,7,10-11,21H2,1-2H3,(H,34,35). The minimum Gasteiger partial charge on any atom is -0.481 e. The monoisotopic (exact) mass is 480 g/mol. The number of nitrogens with one attached hydrogen (secondary N) is 1. The molecule has 4 rings (SSSR count). The molecule has 0 spiro atoms. The number of hydrogen-bond acceptors (Lipinski definition) is 3. The normalized spacial score (nSPS) is 10.8. The Morgan fingerprint density at radius 1 is 0.889 bits per heavy atom. The molecule has 184 valence electrons. The van der Waals surface area contributed by atoms with E-state index < -0.39 is 5.97 Å². The Bertz CT molecular complexity index is 1320. The van der Waals surface area contributed by atoms with E-state index in [4.69, 9.17) is 5.11 Å². The molecule has 1 aromatic heterocycles. The van der Waals surface area contributed by atoms with Crippen molar-refractivity contribution in [1.29, 1.82) is 0 Å². The highest BCUT2D eigenvalue weighted by Crippen LogP contribution is 2.23. The molecule has 3 aromatic carbocycles. The molecule has 0 unspecified atom stereocenters. The molecule has 0 saturated carbocycles. The zero-order chi connectivity index (χ0) is 25.5. The molecular weight excluding hydrogens is 448 g/mol. The van der Waals surface area contributed by atoms with Crippen LogP contribution in [0.3, 0.4) is 0 Å². The van der Waals surface area contributed by atoms with Gasteiger partial charge in [0.05, 0.1) is 0 Å². The van der Waals surface area contributed by atoms with Crippen LogP contribution in [0, 0.1) is 0 Å². The van der Waals surface area contributed by atoms with Crippen molar-refractivity contribution in [2.24, 2.45) is 7.05 Å². The van der Waals surface area contributed by atoms with Gasteiger partial charge in [0.2, 0.25) is 0 Å². The van der Waals surface area contributed by atoms with E-state index in [0.29, 0.717) is 30.5 Å². The van der Waals surface area contributed by atoms with E-state index in [1.165, 1.54) is 16.7 Å². The Morgan fingerprint density at radius 2 is 1.56 bits per heavy atom. The molecule has 0 bridgehead atoms. The fraction of sp³-hybridized carbons (Fsp3) is 0.226. The summed E-state index contributed by atoms with van der Waals surface area (Å²) in [6, 6.07) is 28.4. The molecule has 0 atom stereocenters. The topological polar surface area (TPSA) is 71.3 Å². The van der Waals surface area contributed by atoms with Gasteiger partial charge in [-0.25, -0.2) is 0 Å². The summed E-state index contributed by atoms with van der Waals surface area (Å²) < 4.78 is 2.04. The lowest BCUT2D eigenvalue weighted by molar-refractivity contribution is -0.137. The van der Waals surface area contributed by atoms with Crippen molar-refractivity contribution in [3.8, 4) is 11.1 Å². The van der Waals surface area contributed by atoms with E-state index in [9.17, 15) is 9.59 Å². The van der Waals surface area contributed by atoms with E-state index >= 15 is 0 Å². The van der Waals surface area contributed by atoms with Crippen molar-refractivity contribution in [3.05, 3.63) is 113 Å². The minimum atomic E-state index is -0.797. The second kappa shape index (κ2) is 11.5. The lowest BCUT2D eigenvalue weighted by atomic mass is 10.0. The molecule has 0 aliphatic heterocycles. The van der Waals surface area contributed by atoms with Crippen LogP contribution in [-0.4, -0.2) is 21.4 Å². The van der Waals surface area contributed by atoms with Gasteiger partial charge in [0.1, 0.15) is 0 Å². The summed E-state index contributed by atoms with van der Waals surface area (Å²) in [5, 5.41) is 12.3. The number of nitrogens with zero attached hydrogens (tertiary/aromatic N) is 1. The van der Waals surface area contributed by atoms with Crippen LogP contribution >= 0.6 is 0 Å². The molecule has 0 radical (unpaired) electrons. The largest absolute Gasteiger partial charge is 0.481 e. The average Bonchev–Trinajstić information content (AvgIpc) is 3.23. The third-order valence-electron chi connectivity index (χ3n) is 6.57. The summed E-state index contributed by atoms with van der Waals surface area (Å²) in [6.45, 7) is 2.73. The maximum atomic E-state index is 13.3. The van der Waals surface area contributed by atoms with Crippen LogP contribution in [0.15, 0.2) is 84.9 Å². The first-order valence-electron chi connectivity index (χ1n) is 12.4. The van der Waals surface area contributed by atoms with Gasteiger partial charge in [-0.1, -0.05) is 61.5 Å². The summed E-state index contributed by atoms with van der Waals surface area (Å²) in [5.74, 6) is -0.802. The van der Waals surface area contributed by atoms with Crippen LogP contribution in [0.5, 0.6) is 0 Å². The molecule has 0 aliphatic carbocycles. The first-order chi connectivity index (χ1) is 17.5. The van der Waals surface area contributed by atoms with Crippen LogP contribution < -0.4 is 5.32 Å². The zero-order valence-corrected chi connectivity index (χ0v) is 20.8. The highest BCUT2D eigenvalue weighted by atomic mass is 16.4. The SMILES string of the molecule is CCc1c(C(=O)c2ccc(NCc3ccc(-c4ccccc4)cc3)cc2)cc(CCCC(=O)O)n1C. The molecule has 0 saturated heterocycles. The molecule has 2 N–H and O–H groups in total. The lowest BCUT2D eigenvalue weighted by Gasteiger charge is -2.09. The summed E-state index contributed by atoms with van der Waals surface area (Å²) in [6.07, 6.45) is 2.05. The van der Waals surface area contributed by atoms with Gasteiger partial charge in [0.15, 0.2) is 5.78 Å². The number of hydrogen-bond donors (Lipinski definition) is 2. The number of rotatable bonds is 11. The Kier molecular flexibility index (Phi) is 8.01. The summed E-state index contributed by atoms with van der Waals surface area (Å²) >= 11 is 0. The number of aryl methyl sites for hydroxylation is 1. The molecule has 4 aromatic rings. The molecular formula is C31H32N2O3. The first-order valence-corrected chi connectivity index (χ1v) is 12.4. The van der Waals surface area contributed by atoms with E-state index in [0.717, 1.165) is 23.5 Å². The van der Waals surface area contributed by atoms with E-state index in [1.807, 2.05) is 67.1 Å². The van der Waals surface area contributed by atoms with E-state index in [2.05, 4.69) is 41.7 Å². The average molecular weight is 481 g/mol. The lowest BCUT2D eigenvalue weighted by Crippen LogP contribution is -2.07. The molecule has 0 amide bonds. The van der Waals surface area contributed by atoms with Gasteiger partial charge in [0.25, 0.3) is 0 Å². The van der Waals surface area contributed by atoms with Gasteiger partial charge < -0.3 is 15.0 Å². The van der Waals surface area contributed by atoms with Gasteiger partial charge in [-0.2, -0.15) is 0 Å². The molecule has 0 aliphatic rings. The van der Waals surface area contributed by atoms with E-state index in [-0.39, 0.29) is 12.2 Å². The highest BCUT2D eigenvalue weighted by molar-refractivity contribution is 6.10. The number of carbonyl (C=O) groups is 2. The first kappa shape index (κ1) is 25.0. The fourth-order valence-corrected chi connectivity index (χ4v) is 4.53. The Hall–Kier alpha value is -4.12. The summed E-state index contributed by atoms with van der Waals surface area (Å²) in [4.78, 5) is 24.1. The van der Waals surface area contributed by atoms with Gasteiger partial charge in [-0.05, 0) is 66.3 Å². The molecule has 1 heterocycles. The Balaban J connectivity index is 1.40. The van der Waals surface area contributed by atoms with Crippen molar-refractivity contribution in [2.75, 3.05) is 5.32 Å². The smallest absolute Gasteiger partial charge is 0.303 e. The van der Waals surface area contributed by atoms with Crippen molar-refractivity contribution < 1.29 is 14.7 Å². The molecule has 5 heteroatoms. The second-order valence-electron chi connectivity index (χ2n) is 8.98. The zero-order valence-electron chi connectivity index (χ0n) is 20.8. The van der Waals surface area contributed by atoms with Gasteiger partial charge in [-0.15, -0.1) is 0 Å².